The minimum absolute atomic E-state index is 0.440. The topological polar surface area (TPSA) is 24.9 Å². The summed E-state index contributed by atoms with van der Waals surface area (Å²) in [5.74, 6) is 1.62. The maximum atomic E-state index is 4.67. The molecule has 0 bridgehead atoms. The highest BCUT2D eigenvalue weighted by Crippen LogP contribution is 2.49. The van der Waals surface area contributed by atoms with Gasteiger partial charge in [-0.05, 0) is 33.2 Å². The standard InChI is InChI=1S/C11H18N2S/c1-6-5-9(6)11-13-8(3)10(14-11)7(2)12-4/h6-7,9,12H,5H2,1-4H3. The van der Waals surface area contributed by atoms with Crippen molar-refractivity contribution in [3.05, 3.63) is 15.6 Å². The Morgan fingerprint density at radius 1 is 1.57 bits per heavy atom. The molecule has 1 N–H and O–H groups in total. The molecule has 0 saturated heterocycles. The lowest BCUT2D eigenvalue weighted by Gasteiger charge is -2.06. The molecule has 0 aromatic carbocycles. The second-order valence-corrected chi connectivity index (χ2v) is 5.39. The Labute approximate surface area is 89.8 Å². The number of thiazole rings is 1. The molecule has 1 aliphatic rings. The molecule has 3 heteroatoms. The van der Waals surface area contributed by atoms with E-state index in [1.165, 1.54) is 22.0 Å². The summed E-state index contributed by atoms with van der Waals surface area (Å²) in [5, 5.41) is 4.63. The van der Waals surface area contributed by atoms with Crippen LogP contribution in [0.1, 0.15) is 47.8 Å². The van der Waals surface area contributed by atoms with E-state index in [0.29, 0.717) is 6.04 Å². The number of aryl methyl sites for hydroxylation is 1. The van der Waals surface area contributed by atoms with Gasteiger partial charge in [-0.3, -0.25) is 0 Å². The van der Waals surface area contributed by atoms with Crippen molar-refractivity contribution in [2.45, 2.75) is 39.2 Å². The van der Waals surface area contributed by atoms with Crippen molar-refractivity contribution in [1.29, 1.82) is 0 Å². The Morgan fingerprint density at radius 3 is 2.71 bits per heavy atom. The van der Waals surface area contributed by atoms with Crippen LogP contribution in [-0.4, -0.2) is 12.0 Å². The van der Waals surface area contributed by atoms with Crippen molar-refractivity contribution < 1.29 is 0 Å². The molecular formula is C11H18N2S. The first kappa shape index (κ1) is 10.1. The van der Waals surface area contributed by atoms with Crippen LogP contribution in [0.4, 0.5) is 0 Å². The van der Waals surface area contributed by atoms with Crippen LogP contribution in [0.15, 0.2) is 0 Å². The number of nitrogens with zero attached hydrogens (tertiary/aromatic N) is 1. The third kappa shape index (κ3) is 1.71. The molecule has 3 unspecified atom stereocenters. The molecule has 1 fully saturated rings. The lowest BCUT2D eigenvalue weighted by Crippen LogP contribution is -2.11. The third-order valence-electron chi connectivity index (χ3n) is 3.10. The maximum absolute atomic E-state index is 4.67. The quantitative estimate of drug-likeness (QED) is 0.830. The van der Waals surface area contributed by atoms with Crippen molar-refractivity contribution in [3.63, 3.8) is 0 Å². The maximum Gasteiger partial charge on any atom is 0.0965 e. The molecule has 1 aromatic rings. The molecule has 14 heavy (non-hydrogen) atoms. The predicted molar refractivity (Wildman–Crippen MR) is 60.8 cm³/mol. The summed E-state index contributed by atoms with van der Waals surface area (Å²) < 4.78 is 0. The van der Waals surface area contributed by atoms with Crippen LogP contribution >= 0.6 is 11.3 Å². The fourth-order valence-corrected chi connectivity index (χ4v) is 3.16. The summed E-state index contributed by atoms with van der Waals surface area (Å²) in [6.07, 6.45) is 1.33. The Kier molecular flexibility index (Phi) is 2.62. The SMILES string of the molecule is CNC(C)c1sc(C2CC2C)nc1C. The Hall–Kier alpha value is -0.410. The van der Waals surface area contributed by atoms with Gasteiger partial charge in [0.25, 0.3) is 0 Å². The van der Waals surface area contributed by atoms with Gasteiger partial charge in [0.15, 0.2) is 0 Å². The minimum atomic E-state index is 0.440. The van der Waals surface area contributed by atoms with Gasteiger partial charge in [0.1, 0.15) is 0 Å². The van der Waals surface area contributed by atoms with E-state index < -0.39 is 0 Å². The largest absolute Gasteiger partial charge is 0.312 e. The predicted octanol–water partition coefficient (Wildman–Crippen LogP) is 2.86. The highest BCUT2D eigenvalue weighted by atomic mass is 32.1. The number of rotatable bonds is 3. The van der Waals surface area contributed by atoms with Gasteiger partial charge in [0.2, 0.25) is 0 Å². The van der Waals surface area contributed by atoms with Crippen LogP contribution in [0.3, 0.4) is 0 Å². The zero-order valence-corrected chi connectivity index (χ0v) is 10.1. The smallest absolute Gasteiger partial charge is 0.0965 e. The molecular weight excluding hydrogens is 192 g/mol. The summed E-state index contributed by atoms with van der Waals surface area (Å²) in [6, 6.07) is 0.440. The van der Waals surface area contributed by atoms with Crippen LogP contribution in [0.2, 0.25) is 0 Å². The molecule has 1 saturated carbocycles. The van der Waals surface area contributed by atoms with E-state index in [-0.39, 0.29) is 0 Å². The highest BCUT2D eigenvalue weighted by molar-refractivity contribution is 7.12. The van der Waals surface area contributed by atoms with Crippen LogP contribution in [0.25, 0.3) is 0 Å². The summed E-state index contributed by atoms with van der Waals surface area (Å²) in [5.41, 5.74) is 1.21. The van der Waals surface area contributed by atoms with Gasteiger partial charge in [0, 0.05) is 16.8 Å². The van der Waals surface area contributed by atoms with Crippen LogP contribution in [0.5, 0.6) is 0 Å². The monoisotopic (exact) mass is 210 g/mol. The van der Waals surface area contributed by atoms with Gasteiger partial charge in [-0.15, -0.1) is 11.3 Å². The third-order valence-corrected chi connectivity index (χ3v) is 4.57. The molecule has 2 rings (SSSR count). The van der Waals surface area contributed by atoms with E-state index in [9.17, 15) is 0 Å². The molecule has 0 radical (unpaired) electrons. The normalized spacial score (nSPS) is 27.7. The van der Waals surface area contributed by atoms with E-state index in [1.807, 2.05) is 18.4 Å². The summed E-state index contributed by atoms with van der Waals surface area (Å²) in [7, 11) is 2.00. The summed E-state index contributed by atoms with van der Waals surface area (Å²) in [6.45, 7) is 6.62. The van der Waals surface area contributed by atoms with Crippen LogP contribution in [-0.2, 0) is 0 Å². The van der Waals surface area contributed by atoms with E-state index in [1.54, 1.807) is 0 Å². The summed E-state index contributed by atoms with van der Waals surface area (Å²) >= 11 is 1.89. The molecule has 1 aliphatic carbocycles. The van der Waals surface area contributed by atoms with Crippen molar-refractivity contribution in [3.8, 4) is 0 Å². The molecule has 3 atom stereocenters. The van der Waals surface area contributed by atoms with Crippen LogP contribution < -0.4 is 5.32 Å². The van der Waals surface area contributed by atoms with E-state index in [0.717, 1.165) is 11.8 Å². The molecule has 2 nitrogen and oxygen atoms in total. The van der Waals surface area contributed by atoms with Crippen LogP contribution in [0, 0.1) is 12.8 Å². The first-order valence-electron chi connectivity index (χ1n) is 5.28. The summed E-state index contributed by atoms with van der Waals surface area (Å²) in [4.78, 5) is 6.07. The van der Waals surface area contributed by atoms with Crippen molar-refractivity contribution in [2.24, 2.45) is 5.92 Å². The van der Waals surface area contributed by atoms with Gasteiger partial charge in [-0.2, -0.15) is 0 Å². The first-order valence-corrected chi connectivity index (χ1v) is 6.09. The number of hydrogen-bond acceptors (Lipinski definition) is 3. The van der Waals surface area contributed by atoms with Crippen molar-refractivity contribution in [2.75, 3.05) is 7.05 Å². The van der Waals surface area contributed by atoms with Gasteiger partial charge in [-0.1, -0.05) is 6.92 Å². The van der Waals surface area contributed by atoms with Gasteiger partial charge < -0.3 is 5.32 Å². The number of hydrogen-bond donors (Lipinski definition) is 1. The molecule has 1 heterocycles. The lowest BCUT2D eigenvalue weighted by molar-refractivity contribution is 0.658. The zero-order chi connectivity index (χ0) is 10.3. The Bertz CT molecular complexity index is 332. The van der Waals surface area contributed by atoms with Crippen molar-refractivity contribution in [1.82, 2.24) is 10.3 Å². The first-order chi connectivity index (χ1) is 6.63. The minimum Gasteiger partial charge on any atom is -0.312 e. The lowest BCUT2D eigenvalue weighted by atomic mass is 10.2. The van der Waals surface area contributed by atoms with E-state index >= 15 is 0 Å². The van der Waals surface area contributed by atoms with Crippen molar-refractivity contribution >= 4 is 11.3 Å². The molecule has 0 aliphatic heterocycles. The van der Waals surface area contributed by atoms with Gasteiger partial charge in [0.05, 0.1) is 10.7 Å². The fourth-order valence-electron chi connectivity index (χ4n) is 1.79. The molecule has 1 aromatic heterocycles. The molecule has 78 valence electrons. The Morgan fingerprint density at radius 2 is 2.21 bits per heavy atom. The average molecular weight is 210 g/mol. The average Bonchev–Trinajstić information content (AvgIpc) is 2.75. The number of aromatic nitrogens is 1. The van der Waals surface area contributed by atoms with Gasteiger partial charge >= 0.3 is 0 Å². The fraction of sp³-hybridized carbons (Fsp3) is 0.727. The molecule has 0 spiro atoms. The molecule has 0 amide bonds. The second-order valence-electron chi connectivity index (χ2n) is 4.33. The van der Waals surface area contributed by atoms with Gasteiger partial charge in [-0.25, -0.2) is 4.98 Å². The van der Waals surface area contributed by atoms with E-state index in [4.69, 9.17) is 0 Å². The zero-order valence-electron chi connectivity index (χ0n) is 9.29. The van der Waals surface area contributed by atoms with E-state index in [2.05, 4.69) is 31.1 Å². The Balaban J connectivity index is 2.21. The highest BCUT2D eigenvalue weighted by Gasteiger charge is 2.37. The number of nitrogens with one attached hydrogen (secondary N) is 1. The second kappa shape index (κ2) is 3.63.